The molecule has 0 amide bonds. The van der Waals surface area contributed by atoms with Gasteiger partial charge in [-0.15, -0.1) is 0 Å². The van der Waals surface area contributed by atoms with Gasteiger partial charge in [-0.25, -0.2) is 13.6 Å². The van der Waals surface area contributed by atoms with Crippen LogP contribution >= 0.6 is 31.9 Å². The standard InChI is InChI=1S/C15H13Br2F2NO2/c1-15(2,3)22-14(21)20-7-8(16)6-11(20)9-4-5-10(18)12(17)13(9)19/h4-7H,1-3H3. The molecule has 22 heavy (non-hydrogen) atoms. The molecule has 0 N–H and O–H groups in total. The molecule has 0 spiro atoms. The van der Waals surface area contributed by atoms with Gasteiger partial charge in [0.15, 0.2) is 0 Å². The number of halogens is 4. The average Bonchev–Trinajstić information content (AvgIpc) is 2.76. The summed E-state index contributed by atoms with van der Waals surface area (Å²) in [6.07, 6.45) is 0.827. The van der Waals surface area contributed by atoms with E-state index in [9.17, 15) is 13.6 Å². The van der Waals surface area contributed by atoms with Crippen molar-refractivity contribution < 1.29 is 18.3 Å². The number of nitrogens with zero attached hydrogens (tertiary/aromatic N) is 1. The van der Waals surface area contributed by atoms with Crippen molar-refractivity contribution in [3.63, 3.8) is 0 Å². The van der Waals surface area contributed by atoms with E-state index in [2.05, 4.69) is 31.9 Å². The maximum Gasteiger partial charge on any atom is 0.419 e. The van der Waals surface area contributed by atoms with E-state index in [1.54, 1.807) is 26.8 Å². The second-order valence-corrected chi connectivity index (χ2v) is 7.33. The van der Waals surface area contributed by atoms with Crippen molar-refractivity contribution in [2.75, 3.05) is 0 Å². The monoisotopic (exact) mass is 435 g/mol. The number of rotatable bonds is 1. The van der Waals surface area contributed by atoms with Gasteiger partial charge in [-0.2, -0.15) is 0 Å². The zero-order valence-corrected chi connectivity index (χ0v) is 15.3. The Labute approximate surface area is 143 Å². The Bertz CT molecular complexity index is 736. The first-order valence-electron chi connectivity index (χ1n) is 6.35. The zero-order chi connectivity index (χ0) is 16.7. The summed E-state index contributed by atoms with van der Waals surface area (Å²) in [6, 6.07) is 3.97. The Morgan fingerprint density at radius 3 is 2.45 bits per heavy atom. The fourth-order valence-electron chi connectivity index (χ4n) is 1.82. The third-order valence-electron chi connectivity index (χ3n) is 2.69. The van der Waals surface area contributed by atoms with E-state index >= 15 is 0 Å². The fourth-order valence-corrected chi connectivity index (χ4v) is 2.59. The molecular weight excluding hydrogens is 424 g/mol. The second kappa shape index (κ2) is 6.12. The lowest BCUT2D eigenvalue weighted by Crippen LogP contribution is -2.27. The topological polar surface area (TPSA) is 31.2 Å². The number of aromatic nitrogens is 1. The number of benzene rings is 1. The highest BCUT2D eigenvalue weighted by molar-refractivity contribution is 9.10. The van der Waals surface area contributed by atoms with Gasteiger partial charge in [0.25, 0.3) is 0 Å². The molecule has 0 unspecified atom stereocenters. The van der Waals surface area contributed by atoms with Crippen molar-refractivity contribution in [2.45, 2.75) is 26.4 Å². The predicted molar refractivity (Wildman–Crippen MR) is 86.8 cm³/mol. The van der Waals surface area contributed by atoms with Crippen molar-refractivity contribution in [1.29, 1.82) is 0 Å². The van der Waals surface area contributed by atoms with E-state index in [4.69, 9.17) is 4.74 Å². The van der Waals surface area contributed by atoms with Gasteiger partial charge < -0.3 is 4.74 Å². The first-order valence-corrected chi connectivity index (χ1v) is 7.94. The second-order valence-electron chi connectivity index (χ2n) is 5.62. The van der Waals surface area contributed by atoms with Crippen LogP contribution in [0.2, 0.25) is 0 Å². The SMILES string of the molecule is CC(C)(C)OC(=O)n1cc(Br)cc1-c1ccc(F)c(Br)c1F. The molecule has 0 aliphatic heterocycles. The number of ether oxygens (including phenoxy) is 1. The summed E-state index contributed by atoms with van der Waals surface area (Å²) in [5.74, 6) is -1.49. The molecule has 0 saturated carbocycles. The van der Waals surface area contributed by atoms with Gasteiger partial charge in [0, 0.05) is 16.2 Å². The summed E-state index contributed by atoms with van der Waals surface area (Å²) >= 11 is 6.11. The molecule has 0 fully saturated rings. The fraction of sp³-hybridized carbons (Fsp3) is 0.267. The van der Waals surface area contributed by atoms with E-state index < -0.39 is 23.3 Å². The summed E-state index contributed by atoms with van der Waals surface area (Å²) in [6.45, 7) is 5.20. The smallest absolute Gasteiger partial charge is 0.419 e. The Morgan fingerprint density at radius 2 is 1.86 bits per heavy atom. The predicted octanol–water partition coefficient (Wildman–Crippen LogP) is 5.74. The molecule has 0 aliphatic rings. The van der Waals surface area contributed by atoms with Gasteiger partial charge in [0.1, 0.15) is 17.2 Å². The molecule has 0 saturated heterocycles. The largest absolute Gasteiger partial charge is 0.443 e. The van der Waals surface area contributed by atoms with Gasteiger partial charge in [0.05, 0.1) is 10.2 Å². The van der Waals surface area contributed by atoms with E-state index in [1.807, 2.05) is 0 Å². The minimum Gasteiger partial charge on any atom is -0.443 e. The van der Waals surface area contributed by atoms with Crippen molar-refractivity contribution in [3.05, 3.63) is 45.0 Å². The summed E-state index contributed by atoms with van der Waals surface area (Å²) in [7, 11) is 0. The van der Waals surface area contributed by atoms with E-state index in [0.29, 0.717) is 4.47 Å². The molecule has 2 aromatic rings. The minimum absolute atomic E-state index is 0.0878. The van der Waals surface area contributed by atoms with Gasteiger partial charge in [-0.1, -0.05) is 0 Å². The van der Waals surface area contributed by atoms with Gasteiger partial charge in [-0.3, -0.25) is 4.57 Å². The van der Waals surface area contributed by atoms with Crippen LogP contribution in [0.5, 0.6) is 0 Å². The number of hydrogen-bond acceptors (Lipinski definition) is 2. The van der Waals surface area contributed by atoms with Crippen LogP contribution < -0.4 is 0 Å². The summed E-state index contributed by atoms with van der Waals surface area (Å²) in [5.41, 5.74) is -0.336. The van der Waals surface area contributed by atoms with Gasteiger partial charge in [-0.05, 0) is 70.8 Å². The molecule has 1 aromatic carbocycles. The van der Waals surface area contributed by atoms with Crippen LogP contribution in [-0.2, 0) is 4.74 Å². The number of carbonyl (C=O) groups excluding carboxylic acids is 1. The number of hydrogen-bond donors (Lipinski definition) is 0. The van der Waals surface area contributed by atoms with Crippen molar-refractivity contribution >= 4 is 38.0 Å². The normalized spacial score (nSPS) is 11.6. The van der Waals surface area contributed by atoms with Crippen molar-refractivity contribution in [2.24, 2.45) is 0 Å². The third kappa shape index (κ3) is 3.57. The van der Waals surface area contributed by atoms with Crippen LogP contribution in [0.25, 0.3) is 11.3 Å². The highest BCUT2D eigenvalue weighted by Gasteiger charge is 2.23. The molecule has 0 atom stereocenters. The van der Waals surface area contributed by atoms with E-state index in [1.165, 1.54) is 16.8 Å². The molecule has 7 heteroatoms. The Hall–Kier alpha value is -1.21. The molecular formula is C15H13Br2F2NO2. The Balaban J connectivity index is 2.54. The van der Waals surface area contributed by atoms with Crippen LogP contribution in [0.15, 0.2) is 33.3 Å². The molecule has 0 bridgehead atoms. The van der Waals surface area contributed by atoms with Crippen LogP contribution in [0, 0.1) is 11.6 Å². The number of carbonyl (C=O) groups is 1. The molecule has 0 aliphatic carbocycles. The first-order chi connectivity index (χ1) is 10.1. The maximum atomic E-state index is 14.3. The van der Waals surface area contributed by atoms with Crippen LogP contribution in [-0.4, -0.2) is 16.3 Å². The maximum absolute atomic E-state index is 14.3. The van der Waals surface area contributed by atoms with E-state index in [-0.39, 0.29) is 15.7 Å². The van der Waals surface area contributed by atoms with Gasteiger partial charge >= 0.3 is 6.09 Å². The summed E-state index contributed by atoms with van der Waals surface area (Å²) in [4.78, 5) is 12.2. The van der Waals surface area contributed by atoms with E-state index in [0.717, 1.165) is 6.07 Å². The van der Waals surface area contributed by atoms with Crippen LogP contribution in [0.1, 0.15) is 20.8 Å². The first kappa shape index (κ1) is 17.1. The lowest BCUT2D eigenvalue weighted by atomic mass is 10.1. The molecule has 2 rings (SSSR count). The lowest BCUT2D eigenvalue weighted by molar-refractivity contribution is 0.0540. The van der Waals surface area contributed by atoms with Gasteiger partial charge in [0.2, 0.25) is 0 Å². The quantitative estimate of drug-likeness (QED) is 0.533. The Kier molecular flexibility index (Phi) is 4.77. The highest BCUT2D eigenvalue weighted by atomic mass is 79.9. The molecule has 1 aromatic heterocycles. The van der Waals surface area contributed by atoms with Crippen molar-refractivity contribution in [3.8, 4) is 11.3 Å². The molecule has 0 radical (unpaired) electrons. The highest BCUT2D eigenvalue weighted by Crippen LogP contribution is 2.32. The minimum atomic E-state index is -0.782. The molecule has 118 valence electrons. The van der Waals surface area contributed by atoms with Crippen LogP contribution in [0.3, 0.4) is 0 Å². The average molecular weight is 437 g/mol. The zero-order valence-electron chi connectivity index (χ0n) is 12.1. The summed E-state index contributed by atoms with van der Waals surface area (Å²) < 4.78 is 34.4. The lowest BCUT2D eigenvalue weighted by Gasteiger charge is -2.20. The Morgan fingerprint density at radius 1 is 1.23 bits per heavy atom. The summed E-state index contributed by atoms with van der Waals surface area (Å²) in [5, 5.41) is 0. The third-order valence-corrected chi connectivity index (χ3v) is 3.85. The van der Waals surface area contributed by atoms with Crippen LogP contribution in [0.4, 0.5) is 13.6 Å². The molecule has 1 heterocycles. The molecule has 3 nitrogen and oxygen atoms in total. The van der Waals surface area contributed by atoms with Crippen molar-refractivity contribution in [1.82, 2.24) is 4.57 Å².